The highest BCUT2D eigenvalue weighted by Gasteiger charge is 2.10. The van der Waals surface area contributed by atoms with Gasteiger partial charge in [0.2, 0.25) is 0 Å². The molecule has 2 aromatic rings. The number of carboxylic acid groups (broad SMARTS) is 1. The lowest BCUT2D eigenvalue weighted by molar-refractivity contribution is 0.0694. The van der Waals surface area contributed by atoms with Crippen LogP contribution in [0.25, 0.3) is 0 Å². The number of para-hydroxylation sites is 2. The summed E-state index contributed by atoms with van der Waals surface area (Å²) in [5.74, 6) is -0.630. The maximum atomic E-state index is 11.0. The second-order valence-corrected chi connectivity index (χ2v) is 3.72. The summed E-state index contributed by atoms with van der Waals surface area (Å²) in [6.45, 7) is 0.0973. The van der Waals surface area contributed by atoms with Gasteiger partial charge in [-0.05, 0) is 18.2 Å². The van der Waals surface area contributed by atoms with Crippen molar-refractivity contribution in [1.29, 1.82) is 0 Å². The lowest BCUT2D eigenvalue weighted by Crippen LogP contribution is -2.05. The third-order valence-electron chi connectivity index (χ3n) is 2.50. The van der Waals surface area contributed by atoms with E-state index < -0.39 is 5.97 Å². The van der Waals surface area contributed by atoms with E-state index in [2.05, 4.69) is 0 Å². The van der Waals surface area contributed by atoms with Crippen molar-refractivity contribution in [3.8, 4) is 11.5 Å². The van der Waals surface area contributed by atoms with E-state index in [0.717, 1.165) is 0 Å². The fourth-order valence-corrected chi connectivity index (χ4v) is 1.59. The number of rotatable bonds is 4. The van der Waals surface area contributed by atoms with Gasteiger partial charge in [0.25, 0.3) is 0 Å². The van der Waals surface area contributed by atoms with Crippen LogP contribution < -0.4 is 4.74 Å². The monoisotopic (exact) mass is 244 g/mol. The van der Waals surface area contributed by atoms with Gasteiger partial charge in [-0.15, -0.1) is 0 Å². The standard InChI is InChI=1S/C14H12O4/c15-12-7-3-4-8-13(12)18-9-10-5-1-2-6-11(10)14(16)17/h1-8,15H,9H2,(H,16,17). The molecule has 0 heterocycles. The number of hydrogen-bond donors (Lipinski definition) is 2. The maximum absolute atomic E-state index is 11.0. The lowest BCUT2D eigenvalue weighted by Gasteiger charge is -2.09. The summed E-state index contributed by atoms with van der Waals surface area (Å²) in [6, 6.07) is 13.2. The van der Waals surface area contributed by atoms with Crippen LogP contribution in [0.5, 0.6) is 11.5 Å². The number of carbonyl (C=O) groups is 1. The Labute approximate surface area is 104 Å². The molecular formula is C14H12O4. The van der Waals surface area contributed by atoms with Gasteiger partial charge in [0, 0.05) is 5.56 Å². The first kappa shape index (κ1) is 12.0. The van der Waals surface area contributed by atoms with E-state index in [1.807, 2.05) is 0 Å². The van der Waals surface area contributed by atoms with E-state index in [1.54, 1.807) is 36.4 Å². The van der Waals surface area contributed by atoms with E-state index in [-0.39, 0.29) is 17.9 Å². The molecule has 0 saturated heterocycles. The second-order valence-electron chi connectivity index (χ2n) is 3.72. The highest BCUT2D eigenvalue weighted by molar-refractivity contribution is 5.89. The summed E-state index contributed by atoms with van der Waals surface area (Å²) in [4.78, 5) is 11.0. The van der Waals surface area contributed by atoms with Gasteiger partial charge >= 0.3 is 5.97 Å². The molecule has 92 valence electrons. The van der Waals surface area contributed by atoms with Crippen LogP contribution in [0.1, 0.15) is 15.9 Å². The Morgan fingerprint density at radius 2 is 1.72 bits per heavy atom. The largest absolute Gasteiger partial charge is 0.504 e. The summed E-state index contributed by atoms with van der Waals surface area (Å²) in [5, 5.41) is 18.5. The number of benzene rings is 2. The molecule has 0 spiro atoms. The van der Waals surface area contributed by atoms with Gasteiger partial charge in [-0.1, -0.05) is 30.3 Å². The minimum atomic E-state index is -0.994. The zero-order valence-electron chi connectivity index (χ0n) is 9.54. The molecule has 4 nitrogen and oxygen atoms in total. The van der Waals surface area contributed by atoms with Crippen LogP contribution in [0.2, 0.25) is 0 Å². The molecule has 0 amide bonds. The topological polar surface area (TPSA) is 66.8 Å². The molecule has 2 N–H and O–H groups in total. The zero-order chi connectivity index (χ0) is 13.0. The van der Waals surface area contributed by atoms with Crippen LogP contribution in [0, 0.1) is 0 Å². The maximum Gasteiger partial charge on any atom is 0.336 e. The van der Waals surface area contributed by atoms with Crippen molar-refractivity contribution in [3.05, 3.63) is 59.7 Å². The van der Waals surface area contributed by atoms with Crippen molar-refractivity contribution in [2.24, 2.45) is 0 Å². The van der Waals surface area contributed by atoms with Gasteiger partial charge in [0.15, 0.2) is 11.5 Å². The summed E-state index contributed by atoms with van der Waals surface area (Å²) >= 11 is 0. The minimum Gasteiger partial charge on any atom is -0.504 e. The van der Waals surface area contributed by atoms with Crippen LogP contribution in [0.4, 0.5) is 0 Å². The van der Waals surface area contributed by atoms with Gasteiger partial charge in [-0.25, -0.2) is 4.79 Å². The van der Waals surface area contributed by atoms with Crippen molar-refractivity contribution in [1.82, 2.24) is 0 Å². The fourth-order valence-electron chi connectivity index (χ4n) is 1.59. The Morgan fingerprint density at radius 1 is 1.06 bits per heavy atom. The molecule has 0 atom stereocenters. The van der Waals surface area contributed by atoms with Gasteiger partial charge in [-0.3, -0.25) is 0 Å². The predicted octanol–water partition coefficient (Wildman–Crippen LogP) is 2.67. The first-order chi connectivity index (χ1) is 8.68. The molecule has 0 bridgehead atoms. The number of carboxylic acids is 1. The third kappa shape index (κ3) is 2.60. The zero-order valence-corrected chi connectivity index (χ0v) is 9.54. The normalized spacial score (nSPS) is 10.0. The highest BCUT2D eigenvalue weighted by atomic mass is 16.5. The Hall–Kier alpha value is -2.49. The minimum absolute atomic E-state index is 0.0327. The van der Waals surface area contributed by atoms with Crippen molar-refractivity contribution in [3.63, 3.8) is 0 Å². The average molecular weight is 244 g/mol. The summed E-state index contributed by atoms with van der Waals surface area (Å²) in [6.07, 6.45) is 0. The van der Waals surface area contributed by atoms with E-state index in [1.165, 1.54) is 12.1 Å². The molecule has 0 unspecified atom stereocenters. The first-order valence-corrected chi connectivity index (χ1v) is 5.40. The lowest BCUT2D eigenvalue weighted by atomic mass is 10.1. The third-order valence-corrected chi connectivity index (χ3v) is 2.50. The second kappa shape index (κ2) is 5.23. The smallest absolute Gasteiger partial charge is 0.336 e. The van der Waals surface area contributed by atoms with E-state index in [9.17, 15) is 9.90 Å². The molecule has 0 aliphatic heterocycles. The fraction of sp³-hybridized carbons (Fsp3) is 0.0714. The van der Waals surface area contributed by atoms with Crippen molar-refractivity contribution in [2.45, 2.75) is 6.61 Å². The van der Waals surface area contributed by atoms with Gasteiger partial charge in [0.1, 0.15) is 6.61 Å². The number of phenolic OH excluding ortho intramolecular Hbond substituents is 1. The van der Waals surface area contributed by atoms with Gasteiger partial charge in [0.05, 0.1) is 5.56 Å². The molecule has 0 fully saturated rings. The Balaban J connectivity index is 2.16. The van der Waals surface area contributed by atoms with Crippen LogP contribution in [-0.2, 0) is 6.61 Å². The number of ether oxygens (including phenoxy) is 1. The molecule has 18 heavy (non-hydrogen) atoms. The molecule has 2 rings (SSSR count). The van der Waals surface area contributed by atoms with Crippen LogP contribution >= 0.6 is 0 Å². The number of aromatic hydroxyl groups is 1. The number of aromatic carboxylic acids is 1. The van der Waals surface area contributed by atoms with E-state index >= 15 is 0 Å². The van der Waals surface area contributed by atoms with Crippen LogP contribution in [0.3, 0.4) is 0 Å². The van der Waals surface area contributed by atoms with Gasteiger partial charge < -0.3 is 14.9 Å². The Bertz CT molecular complexity index is 563. The van der Waals surface area contributed by atoms with Gasteiger partial charge in [-0.2, -0.15) is 0 Å². The Kier molecular flexibility index (Phi) is 3.48. The van der Waals surface area contributed by atoms with Crippen molar-refractivity contribution in [2.75, 3.05) is 0 Å². The Morgan fingerprint density at radius 3 is 2.44 bits per heavy atom. The number of phenols is 1. The summed E-state index contributed by atoms with van der Waals surface area (Å²) < 4.78 is 5.40. The molecule has 0 aliphatic carbocycles. The van der Waals surface area contributed by atoms with Crippen molar-refractivity contribution < 1.29 is 19.7 Å². The van der Waals surface area contributed by atoms with E-state index in [4.69, 9.17) is 9.84 Å². The number of hydrogen-bond acceptors (Lipinski definition) is 3. The first-order valence-electron chi connectivity index (χ1n) is 5.40. The van der Waals surface area contributed by atoms with E-state index in [0.29, 0.717) is 11.3 Å². The molecule has 0 aliphatic rings. The molecule has 0 radical (unpaired) electrons. The molecule has 4 heteroatoms. The molecule has 2 aromatic carbocycles. The average Bonchev–Trinajstić information content (AvgIpc) is 2.38. The SMILES string of the molecule is O=C(O)c1ccccc1COc1ccccc1O. The quantitative estimate of drug-likeness (QED) is 0.867. The highest BCUT2D eigenvalue weighted by Crippen LogP contribution is 2.25. The van der Waals surface area contributed by atoms with Crippen LogP contribution in [-0.4, -0.2) is 16.2 Å². The molecule has 0 saturated carbocycles. The van der Waals surface area contributed by atoms with Crippen molar-refractivity contribution >= 4 is 5.97 Å². The summed E-state index contributed by atoms with van der Waals surface area (Å²) in [5.41, 5.74) is 0.765. The molecule has 0 aromatic heterocycles. The summed E-state index contributed by atoms with van der Waals surface area (Å²) in [7, 11) is 0. The van der Waals surface area contributed by atoms with Crippen LogP contribution in [0.15, 0.2) is 48.5 Å². The predicted molar refractivity (Wildman–Crippen MR) is 65.8 cm³/mol. The molecular weight excluding hydrogens is 232 g/mol.